The molecule has 0 atom stereocenters. The maximum atomic E-state index is 12.2. The van der Waals surface area contributed by atoms with E-state index in [0.717, 1.165) is 11.3 Å². The molecule has 1 aliphatic rings. The number of carbonyl (C=O) groups excluding carboxylic acids is 1. The smallest absolute Gasteiger partial charge is 0.292 e. The first kappa shape index (κ1) is 17.7. The van der Waals surface area contributed by atoms with Gasteiger partial charge in [-0.15, -0.1) is 0 Å². The van der Waals surface area contributed by atoms with E-state index >= 15 is 0 Å². The zero-order chi connectivity index (χ0) is 18.7. The second-order valence-corrected chi connectivity index (χ2v) is 6.58. The number of nitro benzene ring substituents is 1. The molecule has 0 bridgehead atoms. The van der Waals surface area contributed by atoms with Crippen LogP contribution in [0, 0.1) is 17.0 Å². The molecule has 2 aromatic carbocycles. The molecule has 1 amide bonds. The van der Waals surface area contributed by atoms with Crippen LogP contribution in [0.25, 0.3) is 6.08 Å². The molecular weight excluding hydrogens is 352 g/mol. The maximum Gasteiger partial charge on any atom is 0.292 e. The molecule has 0 aliphatic carbocycles. The second kappa shape index (κ2) is 7.40. The van der Waals surface area contributed by atoms with E-state index in [-0.39, 0.29) is 11.6 Å². The summed E-state index contributed by atoms with van der Waals surface area (Å²) in [7, 11) is 1.62. The van der Waals surface area contributed by atoms with E-state index < -0.39 is 4.92 Å². The van der Waals surface area contributed by atoms with Gasteiger partial charge in [0, 0.05) is 13.1 Å². The summed E-state index contributed by atoms with van der Waals surface area (Å²) >= 11 is 1.21. The zero-order valence-electron chi connectivity index (χ0n) is 14.1. The summed E-state index contributed by atoms with van der Waals surface area (Å²) in [5.74, 6) is -0.275. The van der Waals surface area contributed by atoms with Crippen molar-refractivity contribution in [3.8, 4) is 0 Å². The number of hydrogen-bond donors (Lipinski definition) is 2. The number of rotatable bonds is 4. The van der Waals surface area contributed by atoms with Crippen LogP contribution in [0.15, 0.2) is 52.4 Å². The molecule has 26 heavy (non-hydrogen) atoms. The molecular formula is C18H16N4O3S. The SMILES string of the molecule is CNc1ccc(C=C2SC(=Nc3ccccc3C)NC2=O)cc1[N+](=O)[O-]. The van der Waals surface area contributed by atoms with Gasteiger partial charge >= 0.3 is 0 Å². The monoisotopic (exact) mass is 368 g/mol. The average Bonchev–Trinajstić information content (AvgIpc) is 2.96. The summed E-state index contributed by atoms with van der Waals surface area (Å²) in [6, 6.07) is 12.4. The Bertz CT molecular complexity index is 953. The lowest BCUT2D eigenvalue weighted by Gasteiger charge is -2.03. The number of aliphatic imine (C=N–C) groups is 1. The van der Waals surface area contributed by atoms with E-state index in [1.54, 1.807) is 25.3 Å². The van der Waals surface area contributed by atoms with Gasteiger partial charge in [0.05, 0.1) is 15.5 Å². The highest BCUT2D eigenvalue weighted by Crippen LogP contribution is 2.31. The minimum absolute atomic E-state index is 0.0425. The van der Waals surface area contributed by atoms with E-state index in [0.29, 0.717) is 21.3 Å². The van der Waals surface area contributed by atoms with Crippen LogP contribution in [0.5, 0.6) is 0 Å². The van der Waals surface area contributed by atoms with Gasteiger partial charge in [0.1, 0.15) is 5.69 Å². The molecule has 3 rings (SSSR count). The Balaban J connectivity index is 1.89. The first-order valence-corrected chi connectivity index (χ1v) is 8.61. The predicted octanol–water partition coefficient (Wildman–Crippen LogP) is 3.84. The zero-order valence-corrected chi connectivity index (χ0v) is 15.0. The molecule has 1 fully saturated rings. The first-order chi connectivity index (χ1) is 12.5. The summed E-state index contributed by atoms with van der Waals surface area (Å²) in [5, 5.41) is 17.1. The number of aryl methyl sites for hydroxylation is 1. The number of nitrogens with one attached hydrogen (secondary N) is 2. The number of thioether (sulfide) groups is 1. The Morgan fingerprint density at radius 2 is 2.04 bits per heavy atom. The molecule has 0 saturated carbocycles. The third kappa shape index (κ3) is 3.75. The van der Waals surface area contributed by atoms with Gasteiger partial charge in [-0.1, -0.05) is 24.3 Å². The number of amides is 1. The van der Waals surface area contributed by atoms with E-state index in [9.17, 15) is 14.9 Å². The van der Waals surface area contributed by atoms with E-state index in [1.165, 1.54) is 17.8 Å². The average molecular weight is 368 g/mol. The van der Waals surface area contributed by atoms with Crippen molar-refractivity contribution in [3.63, 3.8) is 0 Å². The minimum atomic E-state index is -0.458. The highest BCUT2D eigenvalue weighted by Gasteiger charge is 2.24. The predicted molar refractivity (Wildman–Crippen MR) is 105 cm³/mol. The number of nitrogens with zero attached hydrogens (tertiary/aromatic N) is 2. The molecule has 8 heteroatoms. The summed E-state index contributed by atoms with van der Waals surface area (Å²) in [6.07, 6.45) is 1.62. The van der Waals surface area contributed by atoms with Crippen molar-refractivity contribution >= 4 is 46.0 Å². The third-order valence-corrected chi connectivity index (χ3v) is 4.68. The van der Waals surface area contributed by atoms with Crippen molar-refractivity contribution in [2.24, 2.45) is 4.99 Å². The standard InChI is InChI=1S/C18H16N4O3S/c1-11-5-3-4-6-13(11)20-18-21-17(23)16(26-18)10-12-7-8-14(19-2)15(9-12)22(24)25/h3-10,19H,1-2H3,(H,20,21,23). The molecule has 2 aromatic rings. The van der Waals surface area contributed by atoms with Gasteiger partial charge in [-0.05, 0) is 48.0 Å². The molecule has 2 N–H and O–H groups in total. The van der Waals surface area contributed by atoms with Crippen LogP contribution in [0.3, 0.4) is 0 Å². The Hall–Kier alpha value is -3.13. The quantitative estimate of drug-likeness (QED) is 0.486. The van der Waals surface area contributed by atoms with Gasteiger partial charge in [0.2, 0.25) is 0 Å². The highest BCUT2D eigenvalue weighted by molar-refractivity contribution is 8.18. The van der Waals surface area contributed by atoms with Gasteiger partial charge in [0.25, 0.3) is 11.6 Å². The second-order valence-electron chi connectivity index (χ2n) is 5.55. The van der Waals surface area contributed by atoms with Crippen LogP contribution >= 0.6 is 11.8 Å². The summed E-state index contributed by atoms with van der Waals surface area (Å²) in [5.41, 5.74) is 2.74. The topological polar surface area (TPSA) is 96.6 Å². The number of nitro groups is 1. The van der Waals surface area contributed by atoms with Crippen molar-refractivity contribution in [2.75, 3.05) is 12.4 Å². The van der Waals surface area contributed by atoms with Crippen molar-refractivity contribution in [3.05, 3.63) is 68.6 Å². The largest absolute Gasteiger partial charge is 0.383 e. The fourth-order valence-electron chi connectivity index (χ4n) is 2.43. The molecule has 1 aliphatic heterocycles. The molecule has 0 unspecified atom stereocenters. The number of benzene rings is 2. The number of para-hydroxylation sites is 1. The molecule has 1 saturated heterocycles. The Morgan fingerprint density at radius 3 is 2.73 bits per heavy atom. The normalized spacial score (nSPS) is 16.8. The van der Waals surface area contributed by atoms with Crippen LogP contribution in [-0.4, -0.2) is 23.0 Å². The lowest BCUT2D eigenvalue weighted by Crippen LogP contribution is -2.19. The first-order valence-electron chi connectivity index (χ1n) is 7.79. The van der Waals surface area contributed by atoms with Crippen molar-refractivity contribution in [1.29, 1.82) is 0 Å². The Morgan fingerprint density at radius 1 is 1.27 bits per heavy atom. The van der Waals surface area contributed by atoms with Gasteiger partial charge < -0.3 is 10.6 Å². The van der Waals surface area contributed by atoms with E-state index in [2.05, 4.69) is 15.6 Å². The van der Waals surface area contributed by atoms with Crippen molar-refractivity contribution in [2.45, 2.75) is 6.92 Å². The fourth-order valence-corrected chi connectivity index (χ4v) is 3.27. The number of carbonyl (C=O) groups is 1. The molecule has 7 nitrogen and oxygen atoms in total. The van der Waals surface area contributed by atoms with Crippen LogP contribution in [-0.2, 0) is 4.79 Å². The summed E-state index contributed by atoms with van der Waals surface area (Å²) < 4.78 is 0. The minimum Gasteiger partial charge on any atom is -0.383 e. The lowest BCUT2D eigenvalue weighted by atomic mass is 10.1. The maximum absolute atomic E-state index is 12.2. The number of hydrogen-bond acceptors (Lipinski definition) is 6. The Labute approximate surface area is 154 Å². The molecule has 0 radical (unpaired) electrons. The number of amidine groups is 1. The molecule has 1 heterocycles. The van der Waals surface area contributed by atoms with Gasteiger partial charge in [-0.2, -0.15) is 0 Å². The van der Waals surface area contributed by atoms with Crippen LogP contribution in [0.4, 0.5) is 17.1 Å². The van der Waals surface area contributed by atoms with Crippen LogP contribution in [0.1, 0.15) is 11.1 Å². The van der Waals surface area contributed by atoms with Gasteiger partial charge in [0.15, 0.2) is 5.17 Å². The van der Waals surface area contributed by atoms with Gasteiger partial charge in [-0.3, -0.25) is 14.9 Å². The van der Waals surface area contributed by atoms with Crippen molar-refractivity contribution in [1.82, 2.24) is 5.32 Å². The lowest BCUT2D eigenvalue weighted by molar-refractivity contribution is -0.384. The number of anilines is 1. The van der Waals surface area contributed by atoms with Crippen LogP contribution in [0.2, 0.25) is 0 Å². The molecule has 0 aromatic heterocycles. The van der Waals surface area contributed by atoms with E-state index in [1.807, 2.05) is 31.2 Å². The molecule has 132 valence electrons. The van der Waals surface area contributed by atoms with E-state index in [4.69, 9.17) is 0 Å². The molecule has 0 spiro atoms. The van der Waals surface area contributed by atoms with Crippen molar-refractivity contribution < 1.29 is 9.72 Å². The highest BCUT2D eigenvalue weighted by atomic mass is 32.2. The third-order valence-electron chi connectivity index (χ3n) is 3.77. The fraction of sp³-hybridized carbons (Fsp3) is 0.111. The Kier molecular flexibility index (Phi) is 5.04. The van der Waals surface area contributed by atoms with Gasteiger partial charge in [-0.25, -0.2) is 4.99 Å². The summed E-state index contributed by atoms with van der Waals surface area (Å²) in [4.78, 5) is 27.8. The summed E-state index contributed by atoms with van der Waals surface area (Å²) in [6.45, 7) is 1.94. The van der Waals surface area contributed by atoms with Crippen LogP contribution < -0.4 is 10.6 Å².